The van der Waals surface area contributed by atoms with Crippen molar-refractivity contribution in [3.63, 3.8) is 0 Å². The van der Waals surface area contributed by atoms with Gasteiger partial charge in [-0.25, -0.2) is 5.09 Å². The Hall–Kier alpha value is 0.500. The maximum atomic E-state index is 7.05. The van der Waals surface area contributed by atoms with Gasteiger partial charge in [-0.2, -0.15) is 13.5 Å². The van der Waals surface area contributed by atoms with Gasteiger partial charge in [0.25, 0.3) is 13.5 Å². The molecule has 1 spiro atoms. The molecule has 2 unspecified atom stereocenters. The topological polar surface area (TPSA) is 67.6 Å². The van der Waals surface area contributed by atoms with Crippen LogP contribution < -0.4 is 9.61 Å². The van der Waals surface area contributed by atoms with E-state index in [2.05, 4.69) is 88.6 Å². The Bertz CT molecular complexity index is 1060. The molecule has 6 nitrogen and oxygen atoms in total. The molecule has 1 saturated heterocycles. The fourth-order valence-corrected chi connectivity index (χ4v) is 16.8. The fourth-order valence-electron chi connectivity index (χ4n) is 3.56. The zero-order chi connectivity index (χ0) is 25.1. The summed E-state index contributed by atoms with van der Waals surface area (Å²) in [5.41, 5.74) is 2.86. The Labute approximate surface area is 213 Å². The normalized spacial score (nSPS) is 28.0. The quantitative estimate of drug-likeness (QED) is 0.357. The van der Waals surface area contributed by atoms with E-state index in [1.807, 2.05) is 0 Å². The van der Waals surface area contributed by atoms with Gasteiger partial charge in [0.1, 0.15) is 5.75 Å². The van der Waals surface area contributed by atoms with E-state index in [1.165, 1.54) is 5.56 Å². The molecule has 12 heteroatoms. The van der Waals surface area contributed by atoms with Crippen LogP contribution in [0.15, 0.2) is 25.7 Å². The van der Waals surface area contributed by atoms with Crippen LogP contribution in [0.2, 0.25) is 0 Å². The first-order valence-corrected chi connectivity index (χ1v) is 18.7. The smallest absolute Gasteiger partial charge is 0.351 e. The molecule has 0 saturated carbocycles. The molecule has 2 heterocycles. The van der Waals surface area contributed by atoms with E-state index < -0.39 is 20.3 Å². The number of benzene rings is 1. The summed E-state index contributed by atoms with van der Waals surface area (Å²) in [6, 6.07) is 4.43. The third-order valence-corrected chi connectivity index (χ3v) is 16.2. The number of halogens is 3. The molecule has 0 aromatic heterocycles. The van der Waals surface area contributed by atoms with Crippen molar-refractivity contribution in [1.29, 1.82) is 0 Å². The number of hydrogen-bond donors (Lipinski definition) is 1. The van der Waals surface area contributed by atoms with Gasteiger partial charge in [0.15, 0.2) is 0 Å². The van der Waals surface area contributed by atoms with Crippen molar-refractivity contribution in [2.24, 2.45) is 13.5 Å². The van der Waals surface area contributed by atoms with Crippen LogP contribution in [0.5, 0.6) is 5.75 Å². The van der Waals surface area contributed by atoms with E-state index in [9.17, 15) is 0 Å². The third kappa shape index (κ3) is 6.64. The molecule has 0 bridgehead atoms. The Morgan fingerprint density at radius 3 is 1.82 bits per heavy atom. The lowest BCUT2D eigenvalue weighted by Crippen LogP contribution is -2.23. The van der Waals surface area contributed by atoms with Crippen molar-refractivity contribution in [1.82, 2.24) is 5.09 Å². The molecule has 1 aromatic rings. The first-order chi connectivity index (χ1) is 14.8. The third-order valence-electron chi connectivity index (χ3n) is 5.37. The minimum Gasteiger partial charge on any atom is -0.430 e. The highest BCUT2D eigenvalue weighted by Crippen LogP contribution is 2.83. The first-order valence-electron chi connectivity index (χ1n) is 11.0. The second-order valence-electron chi connectivity index (χ2n) is 11.6. The second-order valence-corrected chi connectivity index (χ2v) is 22.1. The molecular weight excluding hydrogens is 540 g/mol. The predicted octanol–water partition coefficient (Wildman–Crippen LogP) is 10.5. The van der Waals surface area contributed by atoms with Crippen LogP contribution in [0.3, 0.4) is 0 Å². The standard InChI is InChI=1S/C21H36Cl3N4O2P3/c1-19(2,3)15-13-16(20(4,5)6)18(17(14-15)21(7,8)9)30-32(24)26-31(22,23)27-33(28-32)25-11-10-12-29-33/h13-14,25H,10-12H2,1-9H3. The van der Waals surface area contributed by atoms with Gasteiger partial charge >= 0.3 is 6.78 Å². The van der Waals surface area contributed by atoms with Crippen molar-refractivity contribution in [3.05, 3.63) is 28.8 Å². The summed E-state index contributed by atoms with van der Waals surface area (Å²) in [6.45, 7) is 17.5. The summed E-state index contributed by atoms with van der Waals surface area (Å²) in [4.78, 5) is 0. The maximum absolute atomic E-state index is 7.05. The van der Waals surface area contributed by atoms with Crippen LogP contribution in [-0.2, 0) is 20.8 Å². The SMILES string of the molecule is CC(C)(C)c1cc(C(C)(C)C)c(OP2(Cl)=NP3(=NP(Cl)(Cl)=N2)NCCCO3)c(C(C)(C)C)c1. The molecule has 3 rings (SSSR count). The lowest BCUT2D eigenvalue weighted by molar-refractivity contribution is 0.310. The molecular formula is C21H36Cl3N4O2P3. The molecule has 1 aromatic carbocycles. The molecule has 0 aliphatic carbocycles. The summed E-state index contributed by atoms with van der Waals surface area (Å²) >= 11 is 20.1. The maximum Gasteiger partial charge on any atom is 0.351 e. The summed E-state index contributed by atoms with van der Waals surface area (Å²) < 4.78 is 26.3. The van der Waals surface area contributed by atoms with Gasteiger partial charge in [-0.05, 0) is 62.0 Å². The van der Waals surface area contributed by atoms with Crippen LogP contribution in [0.25, 0.3) is 0 Å². The van der Waals surface area contributed by atoms with E-state index in [-0.39, 0.29) is 16.2 Å². The monoisotopic (exact) mass is 574 g/mol. The highest BCUT2D eigenvalue weighted by molar-refractivity contribution is 8.15. The Balaban J connectivity index is 2.31. The van der Waals surface area contributed by atoms with Crippen LogP contribution in [-0.4, -0.2) is 13.2 Å². The van der Waals surface area contributed by atoms with E-state index >= 15 is 0 Å². The molecule has 1 N–H and O–H groups in total. The number of nitrogens with zero attached hydrogens (tertiary/aromatic N) is 3. The Kier molecular flexibility index (Phi) is 7.75. The average Bonchev–Trinajstić information content (AvgIpc) is 2.57. The van der Waals surface area contributed by atoms with Gasteiger partial charge in [0, 0.05) is 17.7 Å². The lowest BCUT2D eigenvalue weighted by Gasteiger charge is -2.35. The van der Waals surface area contributed by atoms with Crippen LogP contribution in [0.1, 0.15) is 85.4 Å². The van der Waals surface area contributed by atoms with Gasteiger partial charge in [0.05, 0.1) is 6.61 Å². The van der Waals surface area contributed by atoms with E-state index in [0.29, 0.717) is 18.9 Å². The van der Waals surface area contributed by atoms with E-state index in [1.54, 1.807) is 0 Å². The van der Waals surface area contributed by atoms with E-state index in [4.69, 9.17) is 47.3 Å². The zero-order valence-electron chi connectivity index (χ0n) is 20.9. The van der Waals surface area contributed by atoms with Crippen molar-refractivity contribution < 1.29 is 9.05 Å². The molecule has 1 fully saturated rings. The van der Waals surface area contributed by atoms with Gasteiger partial charge in [0.2, 0.25) is 0 Å². The average molecular weight is 576 g/mol. The lowest BCUT2D eigenvalue weighted by atomic mass is 9.75. The molecule has 2 aliphatic heterocycles. The molecule has 33 heavy (non-hydrogen) atoms. The summed E-state index contributed by atoms with van der Waals surface area (Å²) in [6.07, 6.45) is 0.852. The highest BCUT2D eigenvalue weighted by Gasteiger charge is 2.40. The van der Waals surface area contributed by atoms with E-state index in [0.717, 1.165) is 17.5 Å². The second kappa shape index (κ2) is 9.11. The van der Waals surface area contributed by atoms with Crippen molar-refractivity contribution in [2.75, 3.05) is 13.2 Å². The molecule has 188 valence electrons. The zero-order valence-corrected chi connectivity index (χ0v) is 25.9. The van der Waals surface area contributed by atoms with Crippen molar-refractivity contribution in [2.45, 2.75) is 85.0 Å². The number of hydrogen-bond acceptors (Lipinski definition) is 6. The molecule has 2 atom stereocenters. The minimum atomic E-state index is -3.31. The first kappa shape index (κ1) is 28.1. The van der Waals surface area contributed by atoms with Crippen LogP contribution in [0.4, 0.5) is 0 Å². The molecule has 0 radical (unpaired) electrons. The highest BCUT2D eigenvalue weighted by atomic mass is 35.9. The molecule has 2 aliphatic rings. The predicted molar refractivity (Wildman–Crippen MR) is 147 cm³/mol. The minimum absolute atomic E-state index is 0.0345. The van der Waals surface area contributed by atoms with Crippen LogP contribution >= 0.6 is 54.0 Å². The van der Waals surface area contributed by atoms with Gasteiger partial charge < -0.3 is 9.05 Å². The Morgan fingerprint density at radius 2 is 1.39 bits per heavy atom. The van der Waals surface area contributed by atoms with Gasteiger partial charge in [-0.3, -0.25) is 0 Å². The Morgan fingerprint density at radius 1 is 0.848 bits per heavy atom. The number of nitrogens with one attached hydrogen (secondary N) is 1. The summed E-state index contributed by atoms with van der Waals surface area (Å²) in [5, 5.41) is 3.27. The largest absolute Gasteiger partial charge is 0.430 e. The summed E-state index contributed by atoms with van der Waals surface area (Å²) in [7, 11) is -2.83. The molecule has 0 amide bonds. The van der Waals surface area contributed by atoms with Gasteiger partial charge in [-0.1, -0.05) is 74.4 Å². The fraction of sp³-hybridized carbons (Fsp3) is 0.714. The number of rotatable bonds is 2. The van der Waals surface area contributed by atoms with Crippen LogP contribution in [0, 0.1) is 0 Å². The van der Waals surface area contributed by atoms with Crippen molar-refractivity contribution >= 4 is 54.0 Å². The van der Waals surface area contributed by atoms with Gasteiger partial charge in [-0.15, -0.1) is 0 Å². The summed E-state index contributed by atoms with van der Waals surface area (Å²) in [5.74, 6) is -2.42. The van der Waals surface area contributed by atoms with Crippen molar-refractivity contribution in [3.8, 4) is 5.75 Å².